The van der Waals surface area contributed by atoms with Gasteiger partial charge in [-0.3, -0.25) is 4.99 Å². The van der Waals surface area contributed by atoms with Gasteiger partial charge >= 0.3 is 6.09 Å². The van der Waals surface area contributed by atoms with Crippen LogP contribution in [0, 0.1) is 5.92 Å². The molecule has 0 radical (unpaired) electrons. The first-order valence-corrected chi connectivity index (χ1v) is 12.2. The number of aliphatic imine (C=N–C) groups is 1. The molecule has 33 heavy (non-hydrogen) atoms. The van der Waals surface area contributed by atoms with Crippen LogP contribution in [0.5, 0.6) is 0 Å². The molecule has 1 amide bonds. The van der Waals surface area contributed by atoms with Crippen LogP contribution in [0.25, 0.3) is 6.08 Å². The van der Waals surface area contributed by atoms with Crippen molar-refractivity contribution in [2.45, 2.75) is 58.0 Å². The predicted molar refractivity (Wildman–Crippen MR) is 134 cm³/mol. The molecule has 1 aliphatic carbocycles. The highest BCUT2D eigenvalue weighted by Gasteiger charge is 2.37. The molecule has 0 saturated carbocycles. The number of halogens is 1. The number of allylic oxidation sites excluding steroid dienone is 2. The third-order valence-corrected chi connectivity index (χ3v) is 6.70. The quantitative estimate of drug-likeness (QED) is 0.567. The van der Waals surface area contributed by atoms with E-state index in [1.807, 2.05) is 44.0 Å². The number of hydrogen-bond acceptors (Lipinski definition) is 4. The summed E-state index contributed by atoms with van der Waals surface area (Å²) in [6, 6.07) is 6.01. The van der Waals surface area contributed by atoms with E-state index < -0.39 is 5.60 Å². The summed E-state index contributed by atoms with van der Waals surface area (Å²) in [6.07, 6.45) is 11.6. The number of aliphatic hydroxyl groups is 1. The minimum atomic E-state index is -0.501. The average Bonchev–Trinajstić information content (AvgIpc) is 2.86. The monoisotopic (exact) mass is 468 g/mol. The third kappa shape index (κ3) is 5.42. The summed E-state index contributed by atoms with van der Waals surface area (Å²) in [5, 5.41) is 10.9. The molecule has 1 atom stereocenters. The van der Waals surface area contributed by atoms with Crippen molar-refractivity contribution in [2.75, 3.05) is 19.7 Å². The fourth-order valence-electron chi connectivity index (χ4n) is 4.97. The fourth-order valence-corrected chi connectivity index (χ4v) is 5.15. The second-order valence-electron chi connectivity index (χ2n) is 9.98. The highest BCUT2D eigenvalue weighted by Crippen LogP contribution is 2.43. The van der Waals surface area contributed by atoms with Crippen molar-refractivity contribution >= 4 is 29.5 Å². The Labute approximate surface area is 201 Å². The molecule has 1 aromatic carbocycles. The number of fused-ring (bicyclic) bond motifs is 2. The van der Waals surface area contributed by atoms with Crippen LogP contribution < -0.4 is 0 Å². The van der Waals surface area contributed by atoms with Crippen LogP contribution in [0.3, 0.4) is 0 Å². The number of aliphatic hydroxyl groups excluding tert-OH is 1. The molecule has 1 aromatic rings. The van der Waals surface area contributed by atoms with E-state index in [2.05, 4.69) is 24.3 Å². The maximum Gasteiger partial charge on any atom is 0.410 e. The Morgan fingerprint density at radius 3 is 2.70 bits per heavy atom. The Balaban J connectivity index is 1.69. The molecular weight excluding hydrogens is 436 g/mol. The molecule has 5 nitrogen and oxygen atoms in total. The smallest absolute Gasteiger partial charge is 0.410 e. The van der Waals surface area contributed by atoms with Crippen LogP contribution in [-0.2, 0) is 4.74 Å². The lowest BCUT2D eigenvalue weighted by atomic mass is 9.74. The van der Waals surface area contributed by atoms with Crippen LogP contribution in [0.4, 0.5) is 4.79 Å². The molecule has 3 aliphatic rings. The fraction of sp³-hybridized carbons (Fsp3) is 0.481. The van der Waals surface area contributed by atoms with Crippen molar-refractivity contribution in [1.82, 2.24) is 4.90 Å². The summed E-state index contributed by atoms with van der Waals surface area (Å²) in [4.78, 5) is 19.3. The molecule has 2 heterocycles. The van der Waals surface area contributed by atoms with Crippen LogP contribution in [0.15, 0.2) is 52.7 Å². The van der Waals surface area contributed by atoms with Gasteiger partial charge < -0.3 is 14.7 Å². The topological polar surface area (TPSA) is 62.1 Å². The number of nitrogens with zero attached hydrogens (tertiary/aromatic N) is 2. The lowest BCUT2D eigenvalue weighted by molar-refractivity contribution is 0.0181. The molecule has 176 valence electrons. The normalized spacial score (nSPS) is 25.7. The van der Waals surface area contributed by atoms with Gasteiger partial charge in [-0.1, -0.05) is 29.8 Å². The van der Waals surface area contributed by atoms with E-state index in [1.165, 1.54) is 5.56 Å². The number of likely N-dealkylation sites (tertiary alicyclic amines) is 1. The van der Waals surface area contributed by atoms with Crippen molar-refractivity contribution in [3.8, 4) is 0 Å². The predicted octanol–water partition coefficient (Wildman–Crippen LogP) is 6.13. The van der Waals surface area contributed by atoms with Crippen molar-refractivity contribution in [2.24, 2.45) is 10.9 Å². The van der Waals surface area contributed by atoms with Gasteiger partial charge in [0.2, 0.25) is 0 Å². The molecule has 1 unspecified atom stereocenters. The Morgan fingerprint density at radius 1 is 1.24 bits per heavy atom. The molecular formula is C27H33ClN2O3. The number of benzene rings is 1. The molecule has 0 bridgehead atoms. The van der Waals surface area contributed by atoms with E-state index in [4.69, 9.17) is 21.3 Å². The van der Waals surface area contributed by atoms with Gasteiger partial charge in [-0.2, -0.15) is 0 Å². The largest absolute Gasteiger partial charge is 0.444 e. The van der Waals surface area contributed by atoms with E-state index in [0.29, 0.717) is 24.0 Å². The van der Waals surface area contributed by atoms with Crippen LogP contribution in [0.2, 0.25) is 5.02 Å². The Bertz CT molecular complexity index is 1020. The van der Waals surface area contributed by atoms with Crippen molar-refractivity contribution in [1.29, 1.82) is 0 Å². The standard InChI is InChI=1S/C27H33ClN2O3/c1-27(2,3)33-26(32)30-13-10-18(11-14-30)24-22-9-8-21(28)16-19(22)15-20(17-31)23-7-5-4-6-12-29-25(23)24/h6-9,12,15-16,18,24,31H,4-5,10-11,13-14,17H2,1-3H3/b12-6-,23-7-,29-25-. The minimum Gasteiger partial charge on any atom is -0.444 e. The zero-order valence-electron chi connectivity index (χ0n) is 19.7. The lowest BCUT2D eigenvalue weighted by Gasteiger charge is -2.37. The number of carbonyl (C=O) groups is 1. The van der Waals surface area contributed by atoms with Crippen LogP contribution >= 0.6 is 11.6 Å². The molecule has 2 aliphatic heterocycles. The van der Waals surface area contributed by atoms with Gasteiger partial charge in [0.1, 0.15) is 5.60 Å². The zero-order chi connectivity index (χ0) is 23.6. The summed E-state index contributed by atoms with van der Waals surface area (Å²) in [5.41, 5.74) is 4.63. The number of amides is 1. The summed E-state index contributed by atoms with van der Waals surface area (Å²) in [6.45, 7) is 6.94. The summed E-state index contributed by atoms with van der Waals surface area (Å²) < 4.78 is 5.59. The summed E-state index contributed by atoms with van der Waals surface area (Å²) >= 11 is 6.36. The third-order valence-electron chi connectivity index (χ3n) is 6.46. The van der Waals surface area contributed by atoms with Gasteiger partial charge in [0.05, 0.1) is 12.3 Å². The average molecular weight is 469 g/mol. The molecule has 1 saturated heterocycles. The van der Waals surface area contributed by atoms with Crippen LogP contribution in [-0.4, -0.2) is 47.1 Å². The molecule has 0 aromatic heterocycles. The van der Waals surface area contributed by atoms with Crippen LogP contribution in [0.1, 0.15) is 63.5 Å². The SMILES string of the molecule is CC(C)(C)OC(=O)N1CCC(C2C3=N\C=C/CC/C=C\3C(CO)=Cc3cc(Cl)ccc32)CC1. The number of hydrogen-bond donors (Lipinski definition) is 1. The number of rotatable bonds is 2. The van der Waals surface area contributed by atoms with Gasteiger partial charge in [0.25, 0.3) is 0 Å². The van der Waals surface area contributed by atoms with Gasteiger partial charge in [-0.25, -0.2) is 4.79 Å². The molecule has 4 rings (SSSR count). The molecule has 1 N–H and O–H groups in total. The van der Waals surface area contributed by atoms with Gasteiger partial charge in [0, 0.05) is 30.2 Å². The summed E-state index contributed by atoms with van der Waals surface area (Å²) in [5.74, 6) is 0.373. The second kappa shape index (κ2) is 9.86. The van der Waals surface area contributed by atoms with E-state index in [9.17, 15) is 9.90 Å². The minimum absolute atomic E-state index is 0.0513. The Kier molecular flexibility index (Phi) is 7.10. The Morgan fingerprint density at radius 2 is 2.00 bits per heavy atom. The zero-order valence-corrected chi connectivity index (χ0v) is 20.4. The van der Waals surface area contributed by atoms with E-state index in [-0.39, 0.29) is 18.6 Å². The van der Waals surface area contributed by atoms with Gasteiger partial charge in [-0.05, 0) is 92.9 Å². The van der Waals surface area contributed by atoms with E-state index in [0.717, 1.165) is 48.1 Å². The lowest BCUT2D eigenvalue weighted by Crippen LogP contribution is -2.43. The number of carbonyl (C=O) groups excluding carboxylic acids is 1. The van der Waals surface area contributed by atoms with Crippen molar-refractivity contribution in [3.05, 3.63) is 63.8 Å². The first kappa shape index (κ1) is 23.8. The maximum atomic E-state index is 12.6. The van der Waals surface area contributed by atoms with E-state index >= 15 is 0 Å². The Hall–Kier alpha value is -2.37. The highest BCUT2D eigenvalue weighted by molar-refractivity contribution is 6.30. The van der Waals surface area contributed by atoms with E-state index in [1.54, 1.807) is 0 Å². The summed E-state index contributed by atoms with van der Waals surface area (Å²) in [7, 11) is 0. The second-order valence-corrected chi connectivity index (χ2v) is 10.4. The molecule has 1 fully saturated rings. The maximum absolute atomic E-state index is 12.6. The number of piperidine rings is 1. The number of ether oxygens (including phenoxy) is 1. The van der Waals surface area contributed by atoms with Crippen molar-refractivity contribution in [3.63, 3.8) is 0 Å². The molecule has 0 spiro atoms. The van der Waals surface area contributed by atoms with Crippen molar-refractivity contribution < 1.29 is 14.6 Å². The highest BCUT2D eigenvalue weighted by atomic mass is 35.5. The first-order valence-electron chi connectivity index (χ1n) is 11.8. The molecule has 6 heteroatoms. The van der Waals surface area contributed by atoms with Gasteiger partial charge in [0.15, 0.2) is 0 Å². The van der Waals surface area contributed by atoms with Gasteiger partial charge in [-0.15, -0.1) is 0 Å². The first-order chi connectivity index (χ1) is 15.8.